The Balaban J connectivity index is 1.87. The van der Waals surface area contributed by atoms with Crippen molar-refractivity contribution >= 4 is 20.8 Å². The normalized spacial score (nSPS) is 18.7. The van der Waals surface area contributed by atoms with Crippen LogP contribution in [0.15, 0.2) is 81.5 Å². The lowest BCUT2D eigenvalue weighted by Crippen LogP contribution is -2.43. The van der Waals surface area contributed by atoms with Gasteiger partial charge in [0.1, 0.15) is 0 Å². The molecule has 29 heavy (non-hydrogen) atoms. The maximum absolute atomic E-state index is 13.2. The zero-order chi connectivity index (χ0) is 21.2. The van der Waals surface area contributed by atoms with Crippen molar-refractivity contribution < 1.29 is 12.6 Å². The van der Waals surface area contributed by atoms with E-state index in [4.69, 9.17) is 0 Å². The van der Waals surface area contributed by atoms with E-state index in [2.05, 4.69) is 4.72 Å². The molecular weight excluding hydrogens is 402 g/mol. The second-order valence-electron chi connectivity index (χ2n) is 7.77. The highest BCUT2D eigenvalue weighted by atomic mass is 32.2. The second-order valence-corrected chi connectivity index (χ2v) is 11.0. The first kappa shape index (κ1) is 21.7. The van der Waals surface area contributed by atoms with E-state index in [-0.39, 0.29) is 16.7 Å². The molecule has 154 valence electrons. The second kappa shape index (κ2) is 8.78. The molecule has 0 heterocycles. The quantitative estimate of drug-likeness (QED) is 0.706. The molecule has 1 aliphatic rings. The van der Waals surface area contributed by atoms with Crippen molar-refractivity contribution in [3.63, 3.8) is 0 Å². The molecule has 0 radical (unpaired) electrons. The molecule has 4 nitrogen and oxygen atoms in total. The Hall–Kier alpha value is -2.02. The van der Waals surface area contributed by atoms with Crippen LogP contribution in [0.4, 0.5) is 0 Å². The molecule has 0 amide bonds. The van der Waals surface area contributed by atoms with E-state index >= 15 is 0 Å². The van der Waals surface area contributed by atoms with E-state index in [1.807, 2.05) is 70.2 Å². The van der Waals surface area contributed by atoms with E-state index in [1.54, 1.807) is 24.3 Å². The molecule has 2 aromatic rings. The summed E-state index contributed by atoms with van der Waals surface area (Å²) in [6.07, 6.45) is 5.64. The van der Waals surface area contributed by atoms with E-state index in [0.717, 1.165) is 20.9 Å². The van der Waals surface area contributed by atoms with Gasteiger partial charge in [-0.1, -0.05) is 61.4 Å². The fraction of sp³-hybridized carbons (Fsp3) is 0.304. The van der Waals surface area contributed by atoms with E-state index in [0.29, 0.717) is 0 Å². The van der Waals surface area contributed by atoms with E-state index in [1.165, 1.54) is 0 Å². The molecule has 3 atom stereocenters. The molecule has 0 spiro atoms. The van der Waals surface area contributed by atoms with Gasteiger partial charge in [-0.3, -0.25) is 0 Å². The predicted molar refractivity (Wildman–Crippen MR) is 118 cm³/mol. The number of aryl methyl sites for hydroxylation is 2. The van der Waals surface area contributed by atoms with Crippen LogP contribution in [0.25, 0.3) is 0 Å². The fourth-order valence-electron chi connectivity index (χ4n) is 3.34. The van der Waals surface area contributed by atoms with Crippen LogP contribution in [0, 0.1) is 25.7 Å². The van der Waals surface area contributed by atoms with Crippen molar-refractivity contribution in [3.8, 4) is 0 Å². The minimum atomic E-state index is -3.69. The minimum Gasteiger partial charge on any atom is -0.249 e. The molecule has 2 aromatic carbocycles. The summed E-state index contributed by atoms with van der Waals surface area (Å²) in [6, 6.07) is 14.0. The van der Waals surface area contributed by atoms with Gasteiger partial charge in [0.05, 0.1) is 15.7 Å². The largest absolute Gasteiger partial charge is 0.249 e. The molecule has 0 saturated heterocycles. The van der Waals surface area contributed by atoms with Gasteiger partial charge in [-0.25, -0.2) is 17.3 Å². The van der Waals surface area contributed by atoms with Crippen molar-refractivity contribution in [1.82, 2.24) is 4.72 Å². The van der Waals surface area contributed by atoms with Crippen LogP contribution in [-0.2, 0) is 20.8 Å². The highest BCUT2D eigenvalue weighted by Crippen LogP contribution is 2.33. The average Bonchev–Trinajstić information content (AvgIpc) is 3.15. The van der Waals surface area contributed by atoms with Crippen molar-refractivity contribution in [2.24, 2.45) is 11.8 Å². The maximum Gasteiger partial charge on any atom is 0.240 e. The molecule has 0 bridgehead atoms. The van der Waals surface area contributed by atoms with Crippen LogP contribution in [-0.4, -0.2) is 18.7 Å². The van der Waals surface area contributed by atoms with Crippen molar-refractivity contribution in [1.29, 1.82) is 0 Å². The Labute approximate surface area is 176 Å². The Morgan fingerprint density at radius 3 is 2.03 bits per heavy atom. The number of hydrogen-bond acceptors (Lipinski definition) is 3. The minimum absolute atomic E-state index is 0.0152. The van der Waals surface area contributed by atoms with Crippen LogP contribution in [0.2, 0.25) is 0 Å². The average molecular weight is 430 g/mol. The highest BCUT2D eigenvalue weighted by molar-refractivity contribution is 7.89. The molecule has 0 saturated carbocycles. The number of rotatable bonds is 7. The molecule has 0 aromatic heterocycles. The summed E-state index contributed by atoms with van der Waals surface area (Å²) >= 11 is 0. The fourth-order valence-corrected chi connectivity index (χ4v) is 6.08. The Kier molecular flexibility index (Phi) is 6.56. The van der Waals surface area contributed by atoms with Gasteiger partial charge < -0.3 is 0 Å². The van der Waals surface area contributed by atoms with Gasteiger partial charge in [-0.05, 0) is 50.1 Å². The first-order chi connectivity index (χ1) is 13.7. The lowest BCUT2D eigenvalue weighted by atomic mass is 9.92. The van der Waals surface area contributed by atoms with Crippen LogP contribution in [0.1, 0.15) is 25.0 Å². The van der Waals surface area contributed by atoms with Crippen LogP contribution < -0.4 is 4.72 Å². The van der Waals surface area contributed by atoms with E-state index < -0.39 is 26.9 Å². The zero-order valence-corrected chi connectivity index (χ0v) is 18.8. The smallest absolute Gasteiger partial charge is 0.240 e. The molecule has 0 fully saturated rings. The van der Waals surface area contributed by atoms with Gasteiger partial charge in [-0.15, -0.1) is 0 Å². The third kappa shape index (κ3) is 4.94. The zero-order valence-electron chi connectivity index (χ0n) is 17.1. The summed E-state index contributed by atoms with van der Waals surface area (Å²) in [5.74, 6) is -0.251. The Morgan fingerprint density at radius 2 is 1.48 bits per heavy atom. The predicted octanol–water partition coefficient (Wildman–Crippen LogP) is 4.48. The maximum atomic E-state index is 13.2. The first-order valence-electron chi connectivity index (χ1n) is 9.65. The lowest BCUT2D eigenvalue weighted by molar-refractivity contribution is 0.400. The SMILES string of the molecule is Cc1ccc(S(=O)C2=CC=CC2[C@@H](NS(=O)(=O)c2ccc(C)cc2)C(C)C)cc1. The van der Waals surface area contributed by atoms with Gasteiger partial charge in [0.25, 0.3) is 0 Å². The third-order valence-electron chi connectivity index (χ3n) is 5.08. The van der Waals surface area contributed by atoms with Gasteiger partial charge in [0, 0.05) is 21.8 Å². The summed E-state index contributed by atoms with van der Waals surface area (Å²) in [4.78, 5) is 1.68. The lowest BCUT2D eigenvalue weighted by Gasteiger charge is -2.29. The number of nitrogens with one attached hydrogen (secondary N) is 1. The molecule has 0 aliphatic heterocycles. The monoisotopic (exact) mass is 429 g/mol. The summed E-state index contributed by atoms with van der Waals surface area (Å²) in [7, 11) is -5.03. The topological polar surface area (TPSA) is 63.2 Å². The Bertz CT molecular complexity index is 1050. The number of allylic oxidation sites excluding steroid dienone is 2. The van der Waals surface area contributed by atoms with Crippen molar-refractivity contribution in [3.05, 3.63) is 82.8 Å². The third-order valence-corrected chi connectivity index (χ3v) is 8.10. The van der Waals surface area contributed by atoms with Crippen molar-refractivity contribution in [2.75, 3.05) is 0 Å². The number of hydrogen-bond donors (Lipinski definition) is 1. The molecule has 1 N–H and O–H groups in total. The van der Waals surface area contributed by atoms with Crippen molar-refractivity contribution in [2.45, 2.75) is 43.5 Å². The summed E-state index contributed by atoms with van der Waals surface area (Å²) in [5, 5.41) is 0. The van der Waals surface area contributed by atoms with Crippen LogP contribution in [0.5, 0.6) is 0 Å². The molecular formula is C23H27NO3S2. The van der Waals surface area contributed by atoms with Crippen LogP contribution >= 0.6 is 0 Å². The molecule has 3 rings (SSSR count). The Morgan fingerprint density at radius 1 is 0.931 bits per heavy atom. The number of sulfonamides is 1. The molecule has 2 unspecified atom stereocenters. The van der Waals surface area contributed by atoms with Gasteiger partial charge in [0.2, 0.25) is 10.0 Å². The number of benzene rings is 2. The first-order valence-corrected chi connectivity index (χ1v) is 12.3. The van der Waals surface area contributed by atoms with Gasteiger partial charge in [-0.2, -0.15) is 0 Å². The highest BCUT2D eigenvalue weighted by Gasteiger charge is 2.34. The summed E-state index contributed by atoms with van der Waals surface area (Å²) in [5.41, 5.74) is 2.11. The molecule has 6 heteroatoms. The van der Waals surface area contributed by atoms with Gasteiger partial charge >= 0.3 is 0 Å². The summed E-state index contributed by atoms with van der Waals surface area (Å²) in [6.45, 7) is 7.85. The van der Waals surface area contributed by atoms with Gasteiger partial charge in [0.15, 0.2) is 0 Å². The standard InChI is InChI=1S/C23H27NO3S2/c1-16(2)23(24-29(26,27)20-14-10-18(4)11-15-20)21-6-5-7-22(21)28(25)19-12-8-17(3)9-13-19/h5-16,21,23-24H,1-4H3/t21?,23-,28?/m0/s1. The molecule has 1 aliphatic carbocycles. The van der Waals surface area contributed by atoms with Crippen LogP contribution in [0.3, 0.4) is 0 Å². The summed E-state index contributed by atoms with van der Waals surface area (Å²) < 4.78 is 42.0. The van der Waals surface area contributed by atoms with E-state index in [9.17, 15) is 12.6 Å².